The van der Waals surface area contributed by atoms with Gasteiger partial charge in [-0.25, -0.2) is 0 Å². The summed E-state index contributed by atoms with van der Waals surface area (Å²) in [4.78, 5) is 14.2. The van der Waals surface area contributed by atoms with E-state index in [-0.39, 0.29) is 11.9 Å². The Morgan fingerprint density at radius 3 is 2.73 bits per heavy atom. The van der Waals surface area contributed by atoms with Crippen molar-refractivity contribution in [3.8, 4) is 0 Å². The number of carbonyl (C=O) groups excluding carboxylic acids is 1. The Morgan fingerprint density at radius 1 is 1.36 bits per heavy atom. The third-order valence-electron chi connectivity index (χ3n) is 5.15. The van der Waals surface area contributed by atoms with E-state index in [9.17, 15) is 4.79 Å². The summed E-state index contributed by atoms with van der Waals surface area (Å²) in [6, 6.07) is 0.769. The molecule has 0 spiro atoms. The van der Waals surface area contributed by atoms with E-state index < -0.39 is 0 Å². The zero-order valence-electron chi connectivity index (χ0n) is 13.9. The van der Waals surface area contributed by atoms with Crippen LogP contribution in [0, 0.1) is 19.8 Å². The number of thioether (sulfide) groups is 1. The number of hydrogen-bond acceptors (Lipinski definition) is 4. The summed E-state index contributed by atoms with van der Waals surface area (Å²) in [7, 11) is 3.91. The SMILES string of the molecule is Cc1nn(C)c(C)c1[C@H]1[C@H](CN[C@@H]2CCSC2)CC(=O)N1C. The summed E-state index contributed by atoms with van der Waals surface area (Å²) in [6.07, 6.45) is 1.89. The molecule has 1 aromatic heterocycles. The van der Waals surface area contributed by atoms with Gasteiger partial charge in [0.2, 0.25) is 5.91 Å². The molecule has 0 aromatic carbocycles. The standard InChI is InChI=1S/C16H26N4OS/c1-10-15(11(2)20(4)18-10)16-12(7-14(21)19(16)3)8-17-13-5-6-22-9-13/h12-13,16-17H,5-9H2,1-4H3/t12-,13+,16+/m0/s1. The van der Waals surface area contributed by atoms with E-state index in [4.69, 9.17) is 0 Å². The number of hydrogen-bond donors (Lipinski definition) is 1. The fourth-order valence-electron chi connectivity index (χ4n) is 3.80. The highest BCUT2D eigenvalue weighted by Gasteiger charge is 2.41. The molecule has 0 bridgehead atoms. The van der Waals surface area contributed by atoms with E-state index in [2.05, 4.69) is 24.3 Å². The maximum absolute atomic E-state index is 12.3. The largest absolute Gasteiger partial charge is 0.338 e. The van der Waals surface area contributed by atoms with E-state index in [0.29, 0.717) is 18.4 Å². The molecule has 0 aliphatic carbocycles. The van der Waals surface area contributed by atoms with E-state index >= 15 is 0 Å². The minimum atomic E-state index is 0.155. The fraction of sp³-hybridized carbons (Fsp3) is 0.750. The summed E-state index contributed by atoms with van der Waals surface area (Å²) in [5, 5.41) is 8.22. The Hall–Kier alpha value is -1.01. The van der Waals surface area contributed by atoms with Crippen molar-refractivity contribution in [1.82, 2.24) is 20.0 Å². The van der Waals surface area contributed by atoms with Crippen molar-refractivity contribution < 1.29 is 4.79 Å². The van der Waals surface area contributed by atoms with Gasteiger partial charge in [-0.3, -0.25) is 9.48 Å². The maximum Gasteiger partial charge on any atom is 0.223 e. The number of aromatic nitrogens is 2. The Labute approximate surface area is 136 Å². The number of rotatable bonds is 4. The normalized spacial score (nSPS) is 28.8. The molecular weight excluding hydrogens is 296 g/mol. The number of likely N-dealkylation sites (tertiary alicyclic amines) is 1. The predicted octanol–water partition coefficient (Wildman–Crippen LogP) is 1.65. The molecule has 122 valence electrons. The Balaban J connectivity index is 1.80. The molecule has 0 saturated carbocycles. The van der Waals surface area contributed by atoms with Gasteiger partial charge in [0, 0.05) is 56.0 Å². The Morgan fingerprint density at radius 2 is 2.14 bits per heavy atom. The number of aryl methyl sites for hydroxylation is 2. The molecule has 5 nitrogen and oxygen atoms in total. The zero-order chi connectivity index (χ0) is 15.9. The number of nitrogens with one attached hydrogen (secondary N) is 1. The summed E-state index contributed by atoms with van der Waals surface area (Å²) in [5.41, 5.74) is 3.46. The number of nitrogens with zero attached hydrogens (tertiary/aromatic N) is 3. The summed E-state index contributed by atoms with van der Waals surface area (Å²) >= 11 is 2.02. The molecule has 3 rings (SSSR count). The van der Waals surface area contributed by atoms with Crippen molar-refractivity contribution in [2.24, 2.45) is 13.0 Å². The van der Waals surface area contributed by atoms with Gasteiger partial charge in [-0.05, 0) is 26.0 Å². The van der Waals surface area contributed by atoms with Crippen LogP contribution in [0.25, 0.3) is 0 Å². The monoisotopic (exact) mass is 322 g/mol. The molecule has 2 fully saturated rings. The van der Waals surface area contributed by atoms with Crippen molar-refractivity contribution in [2.75, 3.05) is 25.1 Å². The van der Waals surface area contributed by atoms with E-state index in [1.54, 1.807) is 0 Å². The van der Waals surface area contributed by atoms with Crippen LogP contribution in [0.3, 0.4) is 0 Å². The Bertz CT molecular complexity index is 565. The molecule has 6 heteroatoms. The molecule has 1 N–H and O–H groups in total. The van der Waals surface area contributed by atoms with Gasteiger partial charge in [0.25, 0.3) is 0 Å². The van der Waals surface area contributed by atoms with Crippen LogP contribution in [0.1, 0.15) is 35.8 Å². The van der Waals surface area contributed by atoms with Crippen molar-refractivity contribution in [1.29, 1.82) is 0 Å². The van der Waals surface area contributed by atoms with Gasteiger partial charge in [0.05, 0.1) is 11.7 Å². The van der Waals surface area contributed by atoms with Gasteiger partial charge in [-0.2, -0.15) is 16.9 Å². The molecule has 1 aromatic rings. The maximum atomic E-state index is 12.3. The fourth-order valence-corrected chi connectivity index (χ4v) is 4.98. The third kappa shape index (κ3) is 2.78. The van der Waals surface area contributed by atoms with Gasteiger partial charge >= 0.3 is 0 Å². The van der Waals surface area contributed by atoms with Gasteiger partial charge in [0.1, 0.15) is 0 Å². The highest BCUT2D eigenvalue weighted by Crippen LogP contribution is 2.39. The van der Waals surface area contributed by atoms with Crippen LogP contribution in [0.15, 0.2) is 0 Å². The van der Waals surface area contributed by atoms with Crippen LogP contribution >= 0.6 is 11.8 Å². The minimum Gasteiger partial charge on any atom is -0.338 e. The highest BCUT2D eigenvalue weighted by molar-refractivity contribution is 7.99. The topological polar surface area (TPSA) is 50.2 Å². The zero-order valence-corrected chi connectivity index (χ0v) is 14.7. The van der Waals surface area contributed by atoms with Crippen molar-refractivity contribution >= 4 is 17.7 Å². The third-order valence-corrected chi connectivity index (χ3v) is 6.32. The van der Waals surface area contributed by atoms with Crippen molar-refractivity contribution in [2.45, 2.75) is 38.8 Å². The molecule has 0 radical (unpaired) electrons. The van der Waals surface area contributed by atoms with Gasteiger partial charge in [0.15, 0.2) is 0 Å². The molecule has 1 amide bonds. The van der Waals surface area contributed by atoms with Crippen LogP contribution in [0.2, 0.25) is 0 Å². The number of carbonyl (C=O) groups is 1. The van der Waals surface area contributed by atoms with Gasteiger partial charge < -0.3 is 10.2 Å². The average molecular weight is 322 g/mol. The highest BCUT2D eigenvalue weighted by atomic mass is 32.2. The van der Waals surface area contributed by atoms with Gasteiger partial charge in [-0.15, -0.1) is 0 Å². The molecule has 0 unspecified atom stereocenters. The Kier molecular flexibility index (Phi) is 4.50. The average Bonchev–Trinajstić information content (AvgIpc) is 3.14. The second-order valence-corrected chi connectivity index (χ2v) is 7.74. The van der Waals surface area contributed by atoms with Crippen LogP contribution in [0.5, 0.6) is 0 Å². The first-order valence-corrected chi connectivity index (χ1v) is 9.21. The lowest BCUT2D eigenvalue weighted by Gasteiger charge is -2.27. The van der Waals surface area contributed by atoms with Crippen LogP contribution in [-0.2, 0) is 11.8 Å². The van der Waals surface area contributed by atoms with Crippen LogP contribution < -0.4 is 5.32 Å². The van der Waals surface area contributed by atoms with Crippen molar-refractivity contribution in [3.05, 3.63) is 17.0 Å². The minimum absolute atomic E-state index is 0.155. The molecule has 3 heterocycles. The van der Waals surface area contributed by atoms with E-state index in [0.717, 1.165) is 12.2 Å². The van der Waals surface area contributed by atoms with Gasteiger partial charge in [-0.1, -0.05) is 0 Å². The lowest BCUT2D eigenvalue weighted by Crippen LogP contribution is -2.35. The molecular formula is C16H26N4OS. The molecule has 2 saturated heterocycles. The predicted molar refractivity (Wildman–Crippen MR) is 90.0 cm³/mol. The molecule has 22 heavy (non-hydrogen) atoms. The molecule has 3 atom stereocenters. The van der Waals surface area contributed by atoms with Crippen molar-refractivity contribution in [3.63, 3.8) is 0 Å². The lowest BCUT2D eigenvalue weighted by atomic mass is 9.92. The first-order valence-electron chi connectivity index (χ1n) is 8.06. The lowest BCUT2D eigenvalue weighted by molar-refractivity contribution is -0.127. The van der Waals surface area contributed by atoms with E-state index in [1.165, 1.54) is 29.2 Å². The smallest absolute Gasteiger partial charge is 0.223 e. The van der Waals surface area contributed by atoms with Crippen LogP contribution in [-0.4, -0.2) is 51.7 Å². The number of amides is 1. The second kappa shape index (κ2) is 6.24. The summed E-state index contributed by atoms with van der Waals surface area (Å²) < 4.78 is 1.93. The molecule has 2 aliphatic heterocycles. The molecule has 2 aliphatic rings. The first-order chi connectivity index (χ1) is 10.5. The first kappa shape index (κ1) is 15.9. The summed E-state index contributed by atoms with van der Waals surface area (Å²) in [6.45, 7) is 5.07. The quantitative estimate of drug-likeness (QED) is 0.916. The van der Waals surface area contributed by atoms with Crippen LogP contribution in [0.4, 0.5) is 0 Å². The van der Waals surface area contributed by atoms with E-state index in [1.807, 2.05) is 35.4 Å². The second-order valence-electron chi connectivity index (χ2n) is 6.59. The summed E-state index contributed by atoms with van der Waals surface area (Å²) in [5.74, 6) is 3.04.